The van der Waals surface area contributed by atoms with Gasteiger partial charge in [0, 0.05) is 37.3 Å². The Morgan fingerprint density at radius 1 is 1.03 bits per heavy atom. The van der Waals surface area contributed by atoms with E-state index in [9.17, 15) is 4.79 Å². The second kappa shape index (κ2) is 13.7. The minimum absolute atomic E-state index is 0. The van der Waals surface area contributed by atoms with Crippen molar-refractivity contribution in [2.24, 2.45) is 11.8 Å². The molecule has 2 fully saturated rings. The molecule has 3 aromatic rings. The van der Waals surface area contributed by atoms with Gasteiger partial charge in [0.25, 0.3) is 5.56 Å². The Balaban J connectivity index is 0.00000190. The molecule has 0 amide bonds. The van der Waals surface area contributed by atoms with E-state index < -0.39 is 0 Å². The third-order valence-corrected chi connectivity index (χ3v) is 7.47. The van der Waals surface area contributed by atoms with Crippen LogP contribution in [0.4, 0.5) is 0 Å². The van der Waals surface area contributed by atoms with Gasteiger partial charge >= 0.3 is 0 Å². The average Bonchev–Trinajstić information content (AvgIpc) is 3.60. The molecule has 1 saturated carbocycles. The number of hydrogen-bond acceptors (Lipinski definition) is 6. The lowest BCUT2D eigenvalue weighted by Crippen LogP contribution is -2.37. The zero-order chi connectivity index (χ0) is 24.2. The summed E-state index contributed by atoms with van der Waals surface area (Å²) in [4.78, 5) is 16.6. The summed E-state index contributed by atoms with van der Waals surface area (Å²) in [5.41, 5.74) is 3.14. The topological polar surface area (TPSA) is 63.7 Å². The fraction of sp³-hybridized carbons (Fsp3) is 0.571. The molecule has 5 rings (SSSR count). The Kier molecular flexibility index (Phi) is 10.9. The predicted molar refractivity (Wildman–Crippen MR) is 152 cm³/mol. The van der Waals surface area contributed by atoms with E-state index >= 15 is 0 Å². The summed E-state index contributed by atoms with van der Waals surface area (Å²) in [5.74, 6) is 2.36. The number of nitrogens with zero attached hydrogens (tertiary/aromatic N) is 4. The first kappa shape index (κ1) is 29.5. The molecule has 3 heterocycles. The number of piperidine rings is 1. The largest absolute Gasteiger partial charge is 0.493 e. The van der Waals surface area contributed by atoms with E-state index in [0.29, 0.717) is 5.92 Å². The van der Waals surface area contributed by atoms with Crippen molar-refractivity contribution in [1.29, 1.82) is 0 Å². The van der Waals surface area contributed by atoms with Crippen molar-refractivity contribution in [1.82, 2.24) is 19.5 Å². The first-order chi connectivity index (χ1) is 17.1. The Labute approximate surface area is 231 Å². The van der Waals surface area contributed by atoms with E-state index in [0.717, 1.165) is 86.1 Å². The van der Waals surface area contributed by atoms with Crippen LogP contribution in [0.1, 0.15) is 43.4 Å². The number of pyridine rings is 1. The number of halogens is 2. The highest BCUT2D eigenvalue weighted by Gasteiger charge is 2.24. The highest BCUT2D eigenvalue weighted by atomic mass is 35.5. The molecule has 204 valence electrons. The van der Waals surface area contributed by atoms with Crippen LogP contribution in [0.5, 0.6) is 5.75 Å². The molecular formula is C28H40Cl2N4O3. The van der Waals surface area contributed by atoms with Crippen LogP contribution in [-0.4, -0.2) is 59.9 Å². The van der Waals surface area contributed by atoms with E-state index in [-0.39, 0.29) is 30.4 Å². The maximum Gasteiger partial charge on any atom is 0.250 e. The highest BCUT2D eigenvalue weighted by Crippen LogP contribution is 2.35. The molecule has 0 bridgehead atoms. The van der Waals surface area contributed by atoms with Crippen LogP contribution in [0.3, 0.4) is 0 Å². The maximum absolute atomic E-state index is 11.9. The third-order valence-electron chi connectivity index (χ3n) is 7.47. The first-order valence-electron chi connectivity index (χ1n) is 13.1. The standard InChI is InChI=1S/C28H38N4O3.2ClH/c1-30(2)19-24-26(34-20-22-6-7-22)11-9-23-25(29-35-28(23)24)10-8-21-12-15-31(16-13-21)17-18-32-14-4-3-5-27(32)33;;/h3-5,9,11,14,21-22H,6-8,10,12-13,15-20H2,1-2H3;2*1H. The number of rotatable bonds is 11. The molecule has 1 aliphatic heterocycles. The predicted octanol–water partition coefficient (Wildman–Crippen LogP) is 5.03. The van der Waals surface area contributed by atoms with Gasteiger partial charge in [0.2, 0.25) is 0 Å². The number of aryl methyl sites for hydroxylation is 1. The van der Waals surface area contributed by atoms with E-state index in [1.54, 1.807) is 16.7 Å². The summed E-state index contributed by atoms with van der Waals surface area (Å²) in [6.45, 7) is 5.47. The second-order valence-electron chi connectivity index (χ2n) is 10.6. The monoisotopic (exact) mass is 550 g/mol. The van der Waals surface area contributed by atoms with Gasteiger partial charge in [-0.25, -0.2) is 0 Å². The summed E-state index contributed by atoms with van der Waals surface area (Å²) in [7, 11) is 4.15. The number of ether oxygens (including phenoxy) is 1. The molecule has 2 aromatic heterocycles. The molecule has 1 saturated heterocycles. The van der Waals surface area contributed by atoms with Gasteiger partial charge in [0.1, 0.15) is 5.75 Å². The number of benzene rings is 1. The minimum Gasteiger partial charge on any atom is -0.493 e. The summed E-state index contributed by atoms with van der Waals surface area (Å²) in [6.07, 6.45) is 8.92. The Hall–Kier alpha value is -2.06. The minimum atomic E-state index is 0. The zero-order valence-electron chi connectivity index (χ0n) is 21.9. The van der Waals surface area contributed by atoms with E-state index in [4.69, 9.17) is 9.26 Å². The first-order valence-corrected chi connectivity index (χ1v) is 13.1. The van der Waals surface area contributed by atoms with Crippen LogP contribution in [0.15, 0.2) is 45.8 Å². The molecule has 0 radical (unpaired) electrons. The summed E-state index contributed by atoms with van der Waals surface area (Å²) < 4.78 is 13.9. The van der Waals surface area contributed by atoms with Crippen LogP contribution in [-0.2, 0) is 19.5 Å². The zero-order valence-corrected chi connectivity index (χ0v) is 23.6. The quantitative estimate of drug-likeness (QED) is 0.333. The van der Waals surface area contributed by atoms with Crippen LogP contribution in [0.25, 0.3) is 11.0 Å². The van der Waals surface area contributed by atoms with Gasteiger partial charge in [0.05, 0.1) is 17.9 Å². The summed E-state index contributed by atoms with van der Waals surface area (Å²) in [5, 5.41) is 5.62. The van der Waals surface area contributed by atoms with Gasteiger partial charge < -0.3 is 23.6 Å². The molecule has 0 N–H and O–H groups in total. The molecule has 7 nitrogen and oxygen atoms in total. The van der Waals surface area contributed by atoms with E-state index in [1.165, 1.54) is 25.7 Å². The molecule has 1 aromatic carbocycles. The van der Waals surface area contributed by atoms with Crippen molar-refractivity contribution in [3.8, 4) is 5.75 Å². The fourth-order valence-electron chi connectivity index (χ4n) is 5.10. The summed E-state index contributed by atoms with van der Waals surface area (Å²) in [6, 6.07) is 9.60. The molecule has 37 heavy (non-hydrogen) atoms. The average molecular weight is 552 g/mol. The van der Waals surface area contributed by atoms with Crippen LogP contribution in [0, 0.1) is 11.8 Å². The molecule has 0 spiro atoms. The normalized spacial score (nSPS) is 16.5. The van der Waals surface area contributed by atoms with Gasteiger partial charge in [-0.15, -0.1) is 24.8 Å². The SMILES string of the molecule is CN(C)Cc1c(OCC2CC2)ccc2c(CCC3CCN(CCn4ccccc4=O)CC3)noc12.Cl.Cl. The van der Waals surface area contributed by atoms with Crippen molar-refractivity contribution >= 4 is 35.8 Å². The molecular weight excluding hydrogens is 511 g/mol. The summed E-state index contributed by atoms with van der Waals surface area (Å²) >= 11 is 0. The van der Waals surface area contributed by atoms with Gasteiger partial charge in [0.15, 0.2) is 5.58 Å². The van der Waals surface area contributed by atoms with Gasteiger partial charge in [-0.1, -0.05) is 11.2 Å². The molecule has 9 heteroatoms. The molecule has 0 unspecified atom stereocenters. The number of aromatic nitrogens is 2. The molecule has 2 aliphatic rings. The number of likely N-dealkylation sites (tertiary alicyclic amines) is 1. The van der Waals surface area contributed by atoms with Crippen molar-refractivity contribution in [3.05, 3.63) is 58.1 Å². The number of hydrogen-bond donors (Lipinski definition) is 0. The van der Waals surface area contributed by atoms with Crippen LogP contribution in [0.2, 0.25) is 0 Å². The van der Waals surface area contributed by atoms with Crippen molar-refractivity contribution in [2.45, 2.75) is 51.6 Å². The van der Waals surface area contributed by atoms with Crippen LogP contribution < -0.4 is 10.3 Å². The van der Waals surface area contributed by atoms with E-state index in [2.05, 4.69) is 41.2 Å². The van der Waals surface area contributed by atoms with Crippen molar-refractivity contribution in [3.63, 3.8) is 0 Å². The lowest BCUT2D eigenvalue weighted by molar-refractivity contribution is 0.173. The lowest BCUT2D eigenvalue weighted by Gasteiger charge is -2.32. The maximum atomic E-state index is 11.9. The van der Waals surface area contributed by atoms with Gasteiger partial charge in [-0.2, -0.15) is 0 Å². The highest BCUT2D eigenvalue weighted by molar-refractivity contribution is 5.86. The Morgan fingerprint density at radius 3 is 2.51 bits per heavy atom. The molecule has 0 atom stereocenters. The number of fused-ring (bicyclic) bond motifs is 1. The molecule has 1 aliphatic carbocycles. The van der Waals surface area contributed by atoms with Crippen LogP contribution >= 0.6 is 24.8 Å². The Bertz CT molecular complexity index is 1180. The Morgan fingerprint density at radius 2 is 1.81 bits per heavy atom. The van der Waals surface area contributed by atoms with Crippen molar-refractivity contribution in [2.75, 3.05) is 40.3 Å². The second-order valence-corrected chi connectivity index (χ2v) is 10.6. The van der Waals surface area contributed by atoms with E-state index in [1.807, 2.05) is 12.3 Å². The van der Waals surface area contributed by atoms with Crippen molar-refractivity contribution < 1.29 is 9.26 Å². The van der Waals surface area contributed by atoms with Gasteiger partial charge in [-0.05, 0) is 95.7 Å². The fourth-order valence-corrected chi connectivity index (χ4v) is 5.10. The third kappa shape index (κ3) is 7.73. The lowest BCUT2D eigenvalue weighted by atomic mass is 9.91. The smallest absolute Gasteiger partial charge is 0.250 e. The van der Waals surface area contributed by atoms with Gasteiger partial charge in [-0.3, -0.25) is 4.79 Å².